The van der Waals surface area contributed by atoms with Crippen molar-refractivity contribution in [3.63, 3.8) is 0 Å². The molecule has 0 saturated carbocycles. The third-order valence-corrected chi connectivity index (χ3v) is 6.98. The van der Waals surface area contributed by atoms with Crippen LogP contribution >= 0.6 is 22.7 Å². The molecule has 0 saturated heterocycles. The van der Waals surface area contributed by atoms with Gasteiger partial charge in [-0.1, -0.05) is 6.07 Å². The first-order chi connectivity index (χ1) is 13.1. The van der Waals surface area contributed by atoms with E-state index in [-0.39, 0.29) is 5.91 Å². The highest BCUT2D eigenvalue weighted by Gasteiger charge is 2.26. The molecule has 0 aliphatic carbocycles. The molecule has 0 aromatic carbocycles. The van der Waals surface area contributed by atoms with Crippen LogP contribution in [-0.2, 0) is 20.0 Å². The first-order valence-corrected chi connectivity index (χ1v) is 10.6. The highest BCUT2D eigenvalue weighted by molar-refractivity contribution is 7.13. The van der Waals surface area contributed by atoms with Crippen LogP contribution in [0.1, 0.15) is 26.5 Å². The van der Waals surface area contributed by atoms with Gasteiger partial charge in [0.2, 0.25) is 0 Å². The second kappa shape index (κ2) is 6.28. The summed E-state index contributed by atoms with van der Waals surface area (Å²) in [5, 5.41) is 9.52. The molecule has 0 spiro atoms. The van der Waals surface area contributed by atoms with Gasteiger partial charge in [-0.05, 0) is 47.9 Å². The average Bonchev–Trinajstić information content (AvgIpc) is 3.41. The van der Waals surface area contributed by atoms with Crippen LogP contribution in [0.15, 0.2) is 35.0 Å². The molecule has 5 rings (SSSR count). The minimum absolute atomic E-state index is 0.0631. The van der Waals surface area contributed by atoms with Crippen molar-refractivity contribution in [1.82, 2.24) is 19.7 Å². The summed E-state index contributed by atoms with van der Waals surface area (Å²) >= 11 is 3.41. The number of hydrogen-bond acceptors (Lipinski definition) is 5. The van der Waals surface area contributed by atoms with Gasteiger partial charge in [0.05, 0.1) is 27.2 Å². The number of carbonyl (C=O) groups is 1. The number of thiophene rings is 2. The summed E-state index contributed by atoms with van der Waals surface area (Å²) in [6, 6.07) is 8.11. The molecule has 5 heterocycles. The molecule has 27 heavy (non-hydrogen) atoms. The molecule has 1 aliphatic rings. The van der Waals surface area contributed by atoms with Gasteiger partial charge in [0.15, 0.2) is 5.65 Å². The number of rotatable bonds is 2. The predicted octanol–water partition coefficient (Wildman–Crippen LogP) is 4.27. The van der Waals surface area contributed by atoms with Gasteiger partial charge in [0, 0.05) is 25.0 Å². The normalized spacial score (nSPS) is 13.9. The van der Waals surface area contributed by atoms with Crippen LogP contribution in [0.25, 0.3) is 21.6 Å². The number of aryl methyl sites for hydroxylation is 2. The largest absolute Gasteiger partial charge is 0.334 e. The Hall–Kier alpha value is -2.51. The standard InChI is InChI=1S/C20H18N4OS2/c1-12-18-14(20(25)24-7-5-16-13(11-24)6-9-27-16)10-15(17-4-3-8-26-17)21-19(18)23(2)22-12/h3-4,6,8-10H,5,7,11H2,1-2H3. The average molecular weight is 395 g/mol. The van der Waals surface area contributed by atoms with Crippen LogP contribution in [0, 0.1) is 6.92 Å². The van der Waals surface area contributed by atoms with E-state index in [0.717, 1.165) is 40.3 Å². The Morgan fingerprint density at radius 1 is 1.22 bits per heavy atom. The second-order valence-electron chi connectivity index (χ2n) is 6.79. The molecule has 0 radical (unpaired) electrons. The van der Waals surface area contributed by atoms with Crippen LogP contribution in [0.5, 0.6) is 0 Å². The van der Waals surface area contributed by atoms with Crippen molar-refractivity contribution in [1.29, 1.82) is 0 Å². The van der Waals surface area contributed by atoms with Gasteiger partial charge in [0.25, 0.3) is 5.91 Å². The summed E-state index contributed by atoms with van der Waals surface area (Å²) in [5.74, 6) is 0.0631. The zero-order valence-corrected chi connectivity index (χ0v) is 16.7. The zero-order chi connectivity index (χ0) is 18.5. The van der Waals surface area contributed by atoms with Crippen molar-refractivity contribution in [3.05, 3.63) is 56.7 Å². The van der Waals surface area contributed by atoms with Gasteiger partial charge in [-0.2, -0.15) is 5.10 Å². The molecule has 1 amide bonds. The van der Waals surface area contributed by atoms with Crippen LogP contribution in [0.3, 0.4) is 0 Å². The van der Waals surface area contributed by atoms with E-state index in [9.17, 15) is 4.79 Å². The van der Waals surface area contributed by atoms with Crippen molar-refractivity contribution in [3.8, 4) is 10.6 Å². The highest BCUT2D eigenvalue weighted by Crippen LogP contribution is 2.31. The number of aromatic nitrogens is 3. The molecule has 0 atom stereocenters. The minimum atomic E-state index is 0.0631. The molecule has 0 bridgehead atoms. The summed E-state index contributed by atoms with van der Waals surface area (Å²) < 4.78 is 1.77. The lowest BCUT2D eigenvalue weighted by molar-refractivity contribution is 0.0738. The van der Waals surface area contributed by atoms with Crippen LogP contribution < -0.4 is 0 Å². The Kier molecular flexibility index (Phi) is 3.87. The topological polar surface area (TPSA) is 51.0 Å². The van der Waals surface area contributed by atoms with Gasteiger partial charge in [-0.3, -0.25) is 9.48 Å². The lowest BCUT2D eigenvalue weighted by Crippen LogP contribution is -2.35. The molecule has 0 fully saturated rings. The first-order valence-electron chi connectivity index (χ1n) is 8.84. The number of hydrogen-bond donors (Lipinski definition) is 0. The molecule has 136 valence electrons. The zero-order valence-electron chi connectivity index (χ0n) is 15.1. The Morgan fingerprint density at radius 3 is 2.93 bits per heavy atom. The molecule has 4 aromatic rings. The van der Waals surface area contributed by atoms with Gasteiger partial charge < -0.3 is 4.90 Å². The van der Waals surface area contributed by atoms with Crippen LogP contribution in [0.4, 0.5) is 0 Å². The van der Waals surface area contributed by atoms with E-state index in [0.29, 0.717) is 12.1 Å². The van der Waals surface area contributed by atoms with E-state index in [1.807, 2.05) is 42.5 Å². The summed E-state index contributed by atoms with van der Waals surface area (Å²) in [6.07, 6.45) is 0.927. The third-order valence-electron chi connectivity index (χ3n) is 5.07. The van der Waals surface area contributed by atoms with Crippen molar-refractivity contribution in [2.75, 3.05) is 6.54 Å². The van der Waals surface area contributed by atoms with E-state index in [2.05, 4.69) is 16.5 Å². The quantitative estimate of drug-likeness (QED) is 0.510. The van der Waals surface area contributed by atoms with Gasteiger partial charge in [-0.15, -0.1) is 22.7 Å². The fourth-order valence-electron chi connectivity index (χ4n) is 3.76. The molecule has 7 heteroatoms. The summed E-state index contributed by atoms with van der Waals surface area (Å²) in [4.78, 5) is 22.7. The van der Waals surface area contributed by atoms with Crippen molar-refractivity contribution in [2.24, 2.45) is 7.05 Å². The summed E-state index contributed by atoms with van der Waals surface area (Å²) in [7, 11) is 1.88. The van der Waals surface area contributed by atoms with E-state index >= 15 is 0 Å². The van der Waals surface area contributed by atoms with Crippen molar-refractivity contribution >= 4 is 39.6 Å². The van der Waals surface area contributed by atoms with Crippen molar-refractivity contribution < 1.29 is 4.79 Å². The maximum atomic E-state index is 13.5. The summed E-state index contributed by atoms with van der Waals surface area (Å²) in [6.45, 7) is 3.37. The maximum Gasteiger partial charge on any atom is 0.255 e. The van der Waals surface area contributed by atoms with Crippen LogP contribution in [0.2, 0.25) is 0 Å². The number of carbonyl (C=O) groups excluding carboxylic acids is 1. The maximum absolute atomic E-state index is 13.5. The lowest BCUT2D eigenvalue weighted by atomic mass is 10.0. The molecule has 5 nitrogen and oxygen atoms in total. The van der Waals surface area contributed by atoms with Gasteiger partial charge >= 0.3 is 0 Å². The smallest absolute Gasteiger partial charge is 0.255 e. The van der Waals surface area contributed by atoms with Crippen molar-refractivity contribution in [2.45, 2.75) is 19.9 Å². The molecule has 0 N–H and O–H groups in total. The Balaban J connectivity index is 1.64. The van der Waals surface area contributed by atoms with E-state index in [4.69, 9.17) is 4.98 Å². The van der Waals surface area contributed by atoms with Gasteiger partial charge in [0.1, 0.15) is 0 Å². The Morgan fingerprint density at radius 2 is 2.11 bits per heavy atom. The fourth-order valence-corrected chi connectivity index (χ4v) is 5.33. The summed E-state index contributed by atoms with van der Waals surface area (Å²) in [5.41, 5.74) is 4.40. The molecular weight excluding hydrogens is 376 g/mol. The fraction of sp³-hybridized carbons (Fsp3) is 0.250. The number of nitrogens with zero attached hydrogens (tertiary/aromatic N) is 4. The number of pyridine rings is 1. The highest BCUT2D eigenvalue weighted by atomic mass is 32.1. The third kappa shape index (κ3) is 2.69. The monoisotopic (exact) mass is 394 g/mol. The second-order valence-corrected chi connectivity index (χ2v) is 8.73. The van der Waals surface area contributed by atoms with E-state index < -0.39 is 0 Å². The predicted molar refractivity (Wildman–Crippen MR) is 109 cm³/mol. The molecule has 1 aliphatic heterocycles. The van der Waals surface area contributed by atoms with Gasteiger partial charge in [-0.25, -0.2) is 4.98 Å². The first kappa shape index (κ1) is 16.6. The minimum Gasteiger partial charge on any atom is -0.334 e. The molecule has 0 unspecified atom stereocenters. The number of fused-ring (bicyclic) bond motifs is 2. The molecular formula is C20H18N4OS2. The SMILES string of the molecule is Cc1nn(C)c2nc(-c3cccs3)cc(C(=O)N3CCc4sccc4C3)c12. The lowest BCUT2D eigenvalue weighted by Gasteiger charge is -2.27. The van der Waals surface area contributed by atoms with Crippen LogP contribution in [-0.4, -0.2) is 32.1 Å². The Labute approximate surface area is 164 Å². The van der Waals surface area contributed by atoms with E-state index in [1.165, 1.54) is 10.4 Å². The Bertz CT molecular complexity index is 1160. The molecule has 4 aromatic heterocycles. The number of amides is 1. The van der Waals surface area contributed by atoms with E-state index in [1.54, 1.807) is 27.4 Å².